The molecule has 5 heteroatoms. The minimum atomic E-state index is 0.0886. The van der Waals surface area contributed by atoms with Gasteiger partial charge in [-0.3, -0.25) is 4.79 Å². The molecule has 3 heterocycles. The summed E-state index contributed by atoms with van der Waals surface area (Å²) in [5.41, 5.74) is 0.708. The summed E-state index contributed by atoms with van der Waals surface area (Å²) in [6.45, 7) is 5.83. The van der Waals surface area contributed by atoms with Gasteiger partial charge in [-0.05, 0) is 18.6 Å². The molecule has 0 saturated carbocycles. The van der Waals surface area contributed by atoms with Gasteiger partial charge in [-0.1, -0.05) is 31.9 Å². The fourth-order valence-corrected chi connectivity index (χ4v) is 3.22. The maximum Gasteiger partial charge on any atom is 0.258 e. The molecule has 0 bridgehead atoms. The second kappa shape index (κ2) is 7.59. The fraction of sp³-hybridized carbons (Fsp3) is 0.556. The van der Waals surface area contributed by atoms with Crippen molar-refractivity contribution in [2.75, 3.05) is 37.7 Å². The monoisotopic (exact) mass is 315 g/mol. The Hall–Kier alpha value is -1.88. The lowest BCUT2D eigenvalue weighted by molar-refractivity contribution is 0.0742. The fourth-order valence-electron chi connectivity index (χ4n) is 3.22. The number of hydrogen-bond donors (Lipinski definition) is 0. The van der Waals surface area contributed by atoms with Crippen molar-refractivity contribution in [3.63, 3.8) is 0 Å². The summed E-state index contributed by atoms with van der Waals surface area (Å²) >= 11 is 0. The Morgan fingerprint density at radius 3 is 3.00 bits per heavy atom. The Morgan fingerprint density at radius 2 is 2.22 bits per heavy atom. The highest BCUT2D eigenvalue weighted by Gasteiger charge is 2.28. The molecule has 5 nitrogen and oxygen atoms in total. The standard InChI is InChI=1S/C18H25N3O2/c1-2-3-6-15-7-5-10-21(15)18(22)16-8-4-9-19-17(16)20-11-13-23-14-12-20/h4-5,7-9,15H,2-3,6,10-14H2,1H3. The smallest absolute Gasteiger partial charge is 0.258 e. The number of nitrogens with zero attached hydrogens (tertiary/aromatic N) is 3. The minimum Gasteiger partial charge on any atom is -0.378 e. The Labute approximate surface area is 137 Å². The highest BCUT2D eigenvalue weighted by molar-refractivity contribution is 5.99. The Bertz CT molecular complexity index is 567. The highest BCUT2D eigenvalue weighted by Crippen LogP contribution is 2.24. The molecule has 124 valence electrons. The van der Waals surface area contributed by atoms with E-state index in [1.165, 1.54) is 0 Å². The number of pyridine rings is 1. The second-order valence-electron chi connectivity index (χ2n) is 6.07. The minimum absolute atomic E-state index is 0.0886. The topological polar surface area (TPSA) is 45.7 Å². The quantitative estimate of drug-likeness (QED) is 0.783. The van der Waals surface area contributed by atoms with E-state index >= 15 is 0 Å². The molecule has 1 atom stereocenters. The highest BCUT2D eigenvalue weighted by atomic mass is 16.5. The molecule has 1 fully saturated rings. The van der Waals surface area contributed by atoms with Crippen molar-refractivity contribution < 1.29 is 9.53 Å². The van der Waals surface area contributed by atoms with Crippen LogP contribution in [-0.2, 0) is 4.74 Å². The van der Waals surface area contributed by atoms with Crippen molar-refractivity contribution in [2.45, 2.75) is 32.2 Å². The first-order valence-corrected chi connectivity index (χ1v) is 8.56. The molecule has 1 aromatic rings. The first-order valence-electron chi connectivity index (χ1n) is 8.56. The van der Waals surface area contributed by atoms with E-state index in [-0.39, 0.29) is 11.9 Å². The van der Waals surface area contributed by atoms with Crippen molar-refractivity contribution in [2.24, 2.45) is 0 Å². The molecule has 1 saturated heterocycles. The van der Waals surface area contributed by atoms with Crippen LogP contribution in [0.2, 0.25) is 0 Å². The number of ether oxygens (including phenoxy) is 1. The first kappa shape index (κ1) is 16.0. The summed E-state index contributed by atoms with van der Waals surface area (Å²) in [6, 6.07) is 3.97. The third-order valence-electron chi connectivity index (χ3n) is 4.50. The van der Waals surface area contributed by atoms with Gasteiger partial charge in [0.2, 0.25) is 0 Å². The molecular formula is C18H25N3O2. The Kier molecular flexibility index (Phi) is 5.28. The van der Waals surface area contributed by atoms with Crippen LogP contribution in [-0.4, -0.2) is 54.7 Å². The van der Waals surface area contributed by atoms with Crippen molar-refractivity contribution in [3.8, 4) is 0 Å². The number of morpholine rings is 1. The largest absolute Gasteiger partial charge is 0.378 e. The normalized spacial score (nSPS) is 21.0. The average Bonchev–Trinajstić information content (AvgIpc) is 3.08. The number of rotatable bonds is 5. The summed E-state index contributed by atoms with van der Waals surface area (Å²) < 4.78 is 5.41. The van der Waals surface area contributed by atoms with Crippen LogP contribution in [0.15, 0.2) is 30.5 Å². The number of aromatic nitrogens is 1. The first-order chi connectivity index (χ1) is 11.3. The van der Waals surface area contributed by atoms with Crippen LogP contribution in [0, 0.1) is 0 Å². The van der Waals surface area contributed by atoms with Gasteiger partial charge in [0.1, 0.15) is 5.82 Å². The number of amides is 1. The summed E-state index contributed by atoms with van der Waals surface area (Å²) in [5.74, 6) is 0.882. The summed E-state index contributed by atoms with van der Waals surface area (Å²) in [5, 5.41) is 0. The van der Waals surface area contributed by atoms with Gasteiger partial charge in [0.15, 0.2) is 0 Å². The number of unbranched alkanes of at least 4 members (excludes halogenated alkanes) is 1. The van der Waals surface area contributed by atoms with Crippen LogP contribution in [0.4, 0.5) is 5.82 Å². The summed E-state index contributed by atoms with van der Waals surface area (Å²) in [7, 11) is 0. The average molecular weight is 315 g/mol. The van der Waals surface area contributed by atoms with Gasteiger partial charge in [-0.25, -0.2) is 4.98 Å². The molecule has 0 spiro atoms. The summed E-state index contributed by atoms with van der Waals surface area (Å²) in [4.78, 5) is 21.7. The summed E-state index contributed by atoms with van der Waals surface area (Å²) in [6.07, 6.45) is 9.35. The van der Waals surface area contributed by atoms with Gasteiger partial charge in [0.25, 0.3) is 5.91 Å². The van der Waals surface area contributed by atoms with Crippen LogP contribution in [0.5, 0.6) is 0 Å². The van der Waals surface area contributed by atoms with E-state index in [2.05, 4.69) is 29.0 Å². The van der Waals surface area contributed by atoms with E-state index in [1.807, 2.05) is 17.0 Å². The zero-order chi connectivity index (χ0) is 16.1. The van der Waals surface area contributed by atoms with E-state index in [4.69, 9.17) is 4.74 Å². The molecule has 2 aliphatic heterocycles. The molecule has 1 unspecified atom stereocenters. The lowest BCUT2D eigenvalue weighted by atomic mass is 10.1. The Balaban J connectivity index is 1.79. The molecule has 1 aromatic heterocycles. The number of carbonyl (C=O) groups is 1. The SMILES string of the molecule is CCCCC1C=CCN1C(=O)c1cccnc1N1CCOCC1. The van der Waals surface area contributed by atoms with Gasteiger partial charge in [0, 0.05) is 25.8 Å². The molecular weight excluding hydrogens is 290 g/mol. The maximum atomic E-state index is 13.1. The van der Waals surface area contributed by atoms with Crippen LogP contribution in [0.1, 0.15) is 36.5 Å². The zero-order valence-electron chi connectivity index (χ0n) is 13.8. The molecule has 0 radical (unpaired) electrons. The molecule has 0 aliphatic carbocycles. The lowest BCUT2D eigenvalue weighted by Crippen LogP contribution is -2.40. The lowest BCUT2D eigenvalue weighted by Gasteiger charge is -2.31. The van der Waals surface area contributed by atoms with Crippen molar-refractivity contribution in [1.29, 1.82) is 0 Å². The molecule has 0 aromatic carbocycles. The maximum absolute atomic E-state index is 13.1. The van der Waals surface area contributed by atoms with Crippen LogP contribution >= 0.6 is 0 Å². The number of carbonyl (C=O) groups excluding carboxylic acids is 1. The van der Waals surface area contributed by atoms with Crippen molar-refractivity contribution in [3.05, 3.63) is 36.0 Å². The van der Waals surface area contributed by atoms with E-state index in [1.54, 1.807) is 6.20 Å². The predicted molar refractivity (Wildman–Crippen MR) is 90.8 cm³/mol. The van der Waals surface area contributed by atoms with Crippen molar-refractivity contribution in [1.82, 2.24) is 9.88 Å². The third kappa shape index (κ3) is 3.55. The van der Waals surface area contributed by atoms with E-state index in [0.717, 1.165) is 38.2 Å². The van der Waals surface area contributed by atoms with Gasteiger partial charge < -0.3 is 14.5 Å². The number of hydrogen-bond acceptors (Lipinski definition) is 4. The van der Waals surface area contributed by atoms with E-state index in [0.29, 0.717) is 25.3 Å². The van der Waals surface area contributed by atoms with Gasteiger partial charge in [0.05, 0.1) is 24.8 Å². The Morgan fingerprint density at radius 1 is 1.39 bits per heavy atom. The van der Waals surface area contributed by atoms with Crippen LogP contribution < -0.4 is 4.90 Å². The molecule has 1 amide bonds. The zero-order valence-corrected chi connectivity index (χ0v) is 13.8. The van der Waals surface area contributed by atoms with Gasteiger partial charge in [-0.2, -0.15) is 0 Å². The van der Waals surface area contributed by atoms with E-state index < -0.39 is 0 Å². The predicted octanol–water partition coefficient (Wildman–Crippen LogP) is 2.49. The molecule has 23 heavy (non-hydrogen) atoms. The van der Waals surface area contributed by atoms with Crippen LogP contribution in [0.3, 0.4) is 0 Å². The number of anilines is 1. The van der Waals surface area contributed by atoms with Crippen LogP contribution in [0.25, 0.3) is 0 Å². The van der Waals surface area contributed by atoms with Crippen molar-refractivity contribution >= 4 is 11.7 Å². The molecule has 2 aliphatic rings. The van der Waals surface area contributed by atoms with Gasteiger partial charge >= 0.3 is 0 Å². The van der Waals surface area contributed by atoms with E-state index in [9.17, 15) is 4.79 Å². The second-order valence-corrected chi connectivity index (χ2v) is 6.07. The molecule has 3 rings (SSSR count). The third-order valence-corrected chi connectivity index (χ3v) is 4.50. The van der Waals surface area contributed by atoms with Gasteiger partial charge in [-0.15, -0.1) is 0 Å². The molecule has 0 N–H and O–H groups in total.